The first-order valence-corrected chi connectivity index (χ1v) is 7.79. The highest BCUT2D eigenvalue weighted by atomic mass is 15.2. The van der Waals surface area contributed by atoms with Gasteiger partial charge in [0.1, 0.15) is 0 Å². The van der Waals surface area contributed by atoms with Gasteiger partial charge >= 0.3 is 0 Å². The summed E-state index contributed by atoms with van der Waals surface area (Å²) < 4.78 is 0. The van der Waals surface area contributed by atoms with Gasteiger partial charge in [-0.25, -0.2) is 0 Å². The van der Waals surface area contributed by atoms with Gasteiger partial charge in [-0.1, -0.05) is 19.8 Å². The number of rotatable bonds is 2. The molecule has 3 rings (SSSR count). The molecule has 2 nitrogen and oxygen atoms in total. The smallest absolute Gasteiger partial charge is 0.0197 e. The maximum atomic E-state index is 3.96. The fourth-order valence-corrected chi connectivity index (χ4v) is 4.22. The molecule has 0 aromatic rings. The van der Waals surface area contributed by atoms with Crippen molar-refractivity contribution in [2.45, 2.75) is 64.0 Å². The summed E-state index contributed by atoms with van der Waals surface area (Å²) >= 11 is 0. The van der Waals surface area contributed by atoms with Crippen molar-refractivity contribution < 1.29 is 0 Å². The second-order valence-electron chi connectivity index (χ2n) is 6.75. The average molecular weight is 236 g/mol. The number of nitrogens with zero attached hydrogens (tertiary/aromatic N) is 1. The zero-order valence-electron chi connectivity index (χ0n) is 11.3. The van der Waals surface area contributed by atoms with Crippen LogP contribution in [0, 0.1) is 11.8 Å². The summed E-state index contributed by atoms with van der Waals surface area (Å²) in [5, 5.41) is 3.96. The monoisotopic (exact) mass is 236 g/mol. The molecule has 2 heterocycles. The topological polar surface area (TPSA) is 15.3 Å². The Morgan fingerprint density at radius 3 is 2.76 bits per heavy atom. The second kappa shape index (κ2) is 5.27. The van der Waals surface area contributed by atoms with E-state index in [2.05, 4.69) is 17.1 Å². The minimum atomic E-state index is 0.791. The van der Waals surface area contributed by atoms with Gasteiger partial charge in [0, 0.05) is 25.2 Å². The van der Waals surface area contributed by atoms with Crippen molar-refractivity contribution in [1.29, 1.82) is 0 Å². The Labute approximate surface area is 106 Å². The highest BCUT2D eigenvalue weighted by molar-refractivity contribution is 4.91. The van der Waals surface area contributed by atoms with Crippen LogP contribution in [0.2, 0.25) is 0 Å². The lowest BCUT2D eigenvalue weighted by atomic mass is 9.78. The van der Waals surface area contributed by atoms with Gasteiger partial charge in [-0.15, -0.1) is 0 Å². The molecular formula is C15H28N2. The van der Waals surface area contributed by atoms with Crippen molar-refractivity contribution in [3.8, 4) is 0 Å². The van der Waals surface area contributed by atoms with E-state index in [0.717, 1.165) is 23.9 Å². The van der Waals surface area contributed by atoms with Gasteiger partial charge in [-0.05, 0) is 50.5 Å². The Morgan fingerprint density at radius 2 is 1.94 bits per heavy atom. The summed E-state index contributed by atoms with van der Waals surface area (Å²) in [7, 11) is 0. The van der Waals surface area contributed by atoms with E-state index in [1.807, 2.05) is 0 Å². The molecule has 0 aromatic heterocycles. The van der Waals surface area contributed by atoms with Crippen LogP contribution in [0.5, 0.6) is 0 Å². The first kappa shape index (κ1) is 12.0. The third-order valence-corrected chi connectivity index (χ3v) is 5.23. The highest BCUT2D eigenvalue weighted by Gasteiger charge is 2.32. The summed E-state index contributed by atoms with van der Waals surface area (Å²) in [6.07, 6.45) is 10.2. The molecule has 3 aliphatic rings. The summed E-state index contributed by atoms with van der Waals surface area (Å²) in [5.74, 6) is 1.94. The van der Waals surface area contributed by atoms with E-state index in [9.17, 15) is 0 Å². The van der Waals surface area contributed by atoms with Crippen LogP contribution in [-0.4, -0.2) is 36.6 Å². The maximum absolute atomic E-state index is 3.96. The Bertz CT molecular complexity index is 251. The van der Waals surface area contributed by atoms with Crippen molar-refractivity contribution in [1.82, 2.24) is 10.2 Å². The average Bonchev–Trinajstić information content (AvgIpc) is 2.75. The van der Waals surface area contributed by atoms with E-state index in [1.54, 1.807) is 0 Å². The normalized spacial score (nSPS) is 43.6. The Morgan fingerprint density at radius 1 is 1.06 bits per heavy atom. The molecule has 0 aromatic carbocycles. The van der Waals surface area contributed by atoms with Crippen LogP contribution in [0.15, 0.2) is 0 Å². The summed E-state index contributed by atoms with van der Waals surface area (Å²) in [6, 6.07) is 1.65. The number of piperidine rings is 1. The van der Waals surface area contributed by atoms with E-state index < -0.39 is 0 Å². The number of hydrogen-bond donors (Lipinski definition) is 1. The summed E-state index contributed by atoms with van der Waals surface area (Å²) in [5.41, 5.74) is 0. The molecule has 3 fully saturated rings. The van der Waals surface area contributed by atoms with Crippen LogP contribution < -0.4 is 5.32 Å². The van der Waals surface area contributed by atoms with Crippen LogP contribution >= 0.6 is 0 Å². The largest absolute Gasteiger partial charge is 0.310 e. The van der Waals surface area contributed by atoms with E-state index in [-0.39, 0.29) is 0 Å². The fourth-order valence-electron chi connectivity index (χ4n) is 4.22. The predicted octanol–water partition coefficient (Wildman–Crippen LogP) is 2.64. The molecule has 4 unspecified atom stereocenters. The van der Waals surface area contributed by atoms with Crippen molar-refractivity contribution in [2.24, 2.45) is 11.8 Å². The lowest BCUT2D eigenvalue weighted by molar-refractivity contribution is 0.151. The Kier molecular flexibility index (Phi) is 3.72. The molecule has 1 N–H and O–H groups in total. The molecule has 98 valence electrons. The molecule has 2 heteroatoms. The van der Waals surface area contributed by atoms with Gasteiger partial charge < -0.3 is 10.2 Å². The SMILES string of the molecule is CC1CCN(CC2CCC3CCCCC3N2)C1. The zero-order chi connectivity index (χ0) is 11.7. The summed E-state index contributed by atoms with van der Waals surface area (Å²) in [6.45, 7) is 6.39. The molecule has 17 heavy (non-hydrogen) atoms. The van der Waals surface area contributed by atoms with E-state index >= 15 is 0 Å². The Hall–Kier alpha value is -0.0800. The lowest BCUT2D eigenvalue weighted by Crippen LogP contribution is -2.52. The molecule has 2 aliphatic heterocycles. The molecule has 0 bridgehead atoms. The van der Waals surface area contributed by atoms with Gasteiger partial charge in [0.15, 0.2) is 0 Å². The maximum Gasteiger partial charge on any atom is 0.0197 e. The van der Waals surface area contributed by atoms with Crippen molar-refractivity contribution in [2.75, 3.05) is 19.6 Å². The number of likely N-dealkylation sites (tertiary alicyclic amines) is 1. The van der Waals surface area contributed by atoms with E-state index in [0.29, 0.717) is 0 Å². The van der Waals surface area contributed by atoms with Crippen molar-refractivity contribution >= 4 is 0 Å². The van der Waals surface area contributed by atoms with Gasteiger partial charge in [-0.3, -0.25) is 0 Å². The highest BCUT2D eigenvalue weighted by Crippen LogP contribution is 2.32. The fraction of sp³-hybridized carbons (Fsp3) is 1.00. The summed E-state index contributed by atoms with van der Waals surface area (Å²) in [4.78, 5) is 2.69. The standard InChI is InChI=1S/C15H28N2/c1-12-8-9-17(10-12)11-14-7-6-13-4-2-3-5-15(13)16-14/h12-16H,2-11H2,1H3. The number of nitrogens with one attached hydrogen (secondary N) is 1. The van der Waals surface area contributed by atoms with E-state index in [1.165, 1.54) is 64.6 Å². The molecular weight excluding hydrogens is 208 g/mol. The lowest BCUT2D eigenvalue weighted by Gasteiger charge is -2.41. The van der Waals surface area contributed by atoms with Crippen LogP contribution in [0.25, 0.3) is 0 Å². The minimum absolute atomic E-state index is 0.791. The van der Waals surface area contributed by atoms with Crippen molar-refractivity contribution in [3.63, 3.8) is 0 Å². The minimum Gasteiger partial charge on any atom is -0.310 e. The van der Waals surface area contributed by atoms with E-state index in [4.69, 9.17) is 0 Å². The van der Waals surface area contributed by atoms with Crippen molar-refractivity contribution in [3.05, 3.63) is 0 Å². The predicted molar refractivity (Wildman–Crippen MR) is 72.1 cm³/mol. The first-order valence-electron chi connectivity index (χ1n) is 7.79. The van der Waals surface area contributed by atoms with Gasteiger partial charge in [0.2, 0.25) is 0 Å². The van der Waals surface area contributed by atoms with Gasteiger partial charge in [0.25, 0.3) is 0 Å². The van der Waals surface area contributed by atoms with Gasteiger partial charge in [-0.2, -0.15) is 0 Å². The molecule has 1 aliphatic carbocycles. The molecule has 2 saturated heterocycles. The van der Waals surface area contributed by atoms with Crippen LogP contribution in [0.3, 0.4) is 0 Å². The molecule has 0 amide bonds. The molecule has 0 radical (unpaired) electrons. The number of hydrogen-bond acceptors (Lipinski definition) is 2. The van der Waals surface area contributed by atoms with Crippen LogP contribution in [0.4, 0.5) is 0 Å². The number of fused-ring (bicyclic) bond motifs is 1. The first-order chi connectivity index (χ1) is 8.31. The third kappa shape index (κ3) is 2.85. The van der Waals surface area contributed by atoms with Crippen LogP contribution in [-0.2, 0) is 0 Å². The molecule has 4 atom stereocenters. The third-order valence-electron chi connectivity index (χ3n) is 5.23. The Balaban J connectivity index is 1.48. The van der Waals surface area contributed by atoms with Gasteiger partial charge in [0.05, 0.1) is 0 Å². The van der Waals surface area contributed by atoms with Crippen LogP contribution in [0.1, 0.15) is 51.9 Å². The second-order valence-corrected chi connectivity index (χ2v) is 6.75. The molecule has 0 spiro atoms. The quantitative estimate of drug-likeness (QED) is 0.793. The zero-order valence-corrected chi connectivity index (χ0v) is 11.3. The molecule has 1 saturated carbocycles.